The Hall–Kier alpha value is -3.34. The van der Waals surface area contributed by atoms with Gasteiger partial charge in [0, 0.05) is 35.7 Å². The van der Waals surface area contributed by atoms with Crippen molar-refractivity contribution in [2.75, 3.05) is 23.7 Å². The zero-order valence-corrected chi connectivity index (χ0v) is 18.9. The third kappa shape index (κ3) is 4.32. The van der Waals surface area contributed by atoms with Crippen LogP contribution in [0.15, 0.2) is 64.6 Å². The highest BCUT2D eigenvalue weighted by Crippen LogP contribution is 2.33. The van der Waals surface area contributed by atoms with Gasteiger partial charge < -0.3 is 15.7 Å². The number of aromatic nitrogens is 2. The number of sulfonamides is 1. The van der Waals surface area contributed by atoms with Crippen LogP contribution in [-0.2, 0) is 10.0 Å². The van der Waals surface area contributed by atoms with Gasteiger partial charge in [-0.05, 0) is 44.0 Å². The van der Waals surface area contributed by atoms with E-state index in [1.807, 2.05) is 31.2 Å². The fourth-order valence-electron chi connectivity index (χ4n) is 3.98. The van der Waals surface area contributed by atoms with Crippen LogP contribution in [0.1, 0.15) is 25.3 Å². The minimum Gasteiger partial charge on any atom is -0.393 e. The van der Waals surface area contributed by atoms with Crippen LogP contribution < -0.4 is 10.6 Å². The zero-order chi connectivity index (χ0) is 23.0. The van der Waals surface area contributed by atoms with Crippen molar-refractivity contribution in [1.82, 2.24) is 14.3 Å². The van der Waals surface area contributed by atoms with Crippen LogP contribution in [0, 0.1) is 0 Å². The van der Waals surface area contributed by atoms with Gasteiger partial charge >= 0.3 is 0 Å². The molecule has 0 amide bonds. The molecule has 5 rings (SSSR count). The van der Waals surface area contributed by atoms with Gasteiger partial charge in [0.25, 0.3) is 0 Å². The summed E-state index contributed by atoms with van der Waals surface area (Å²) in [4.78, 5) is 13.7. The molecule has 1 aromatic heterocycles. The molecule has 10 heteroatoms. The molecule has 2 aromatic carbocycles. The lowest BCUT2D eigenvalue weighted by Gasteiger charge is -2.28. The Kier molecular flexibility index (Phi) is 5.57. The van der Waals surface area contributed by atoms with Gasteiger partial charge in [0.15, 0.2) is 5.82 Å². The van der Waals surface area contributed by atoms with E-state index in [4.69, 9.17) is 0 Å². The number of fused-ring (bicyclic) bond motifs is 2. The number of hydrogen-bond donors (Lipinski definition) is 3. The van der Waals surface area contributed by atoms with Gasteiger partial charge in [-0.2, -0.15) is 9.29 Å². The summed E-state index contributed by atoms with van der Waals surface area (Å²) in [5, 5.41) is 16.1. The molecule has 170 valence electrons. The molecule has 3 heterocycles. The Bertz CT molecular complexity index is 1330. The maximum atomic E-state index is 13.0. The van der Waals surface area contributed by atoms with Crippen molar-refractivity contribution >= 4 is 44.6 Å². The second-order valence-electron chi connectivity index (χ2n) is 8.08. The van der Waals surface area contributed by atoms with Crippen molar-refractivity contribution in [3.63, 3.8) is 0 Å². The average molecular weight is 465 g/mol. The fraction of sp³-hybridized carbons (Fsp3) is 0.261. The van der Waals surface area contributed by atoms with Crippen molar-refractivity contribution in [1.29, 1.82) is 0 Å². The Morgan fingerprint density at radius 2 is 1.91 bits per heavy atom. The molecule has 0 atom stereocenters. The Morgan fingerprint density at radius 1 is 1.12 bits per heavy atom. The van der Waals surface area contributed by atoms with E-state index in [9.17, 15) is 13.5 Å². The molecule has 0 bridgehead atoms. The van der Waals surface area contributed by atoms with E-state index in [2.05, 4.69) is 25.6 Å². The molecule has 1 fully saturated rings. The van der Waals surface area contributed by atoms with E-state index < -0.39 is 16.1 Å². The molecule has 3 aromatic rings. The molecular formula is C23H24N6O3S. The van der Waals surface area contributed by atoms with Crippen LogP contribution in [0.3, 0.4) is 0 Å². The van der Waals surface area contributed by atoms with Crippen molar-refractivity contribution in [3.8, 4) is 0 Å². The summed E-state index contributed by atoms with van der Waals surface area (Å²) in [5.74, 6) is 0.886. The number of piperidine rings is 1. The first-order valence-corrected chi connectivity index (χ1v) is 12.2. The number of hydrogen-bond acceptors (Lipinski definition) is 8. The number of para-hydroxylation sites is 1. The minimum absolute atomic E-state index is 0.186. The van der Waals surface area contributed by atoms with Crippen molar-refractivity contribution < 1.29 is 13.5 Å². The van der Waals surface area contributed by atoms with Crippen LogP contribution in [0.4, 0.5) is 28.8 Å². The Balaban J connectivity index is 1.40. The molecule has 1 saturated heterocycles. The van der Waals surface area contributed by atoms with Gasteiger partial charge in [-0.1, -0.05) is 24.3 Å². The second-order valence-corrected chi connectivity index (χ2v) is 10.0. The van der Waals surface area contributed by atoms with Gasteiger partial charge in [-0.15, -0.1) is 0 Å². The standard InChI is InChI=1S/C23H24N6O3S/c1-15-19-7-2-3-8-20(19)27-22-21(25-15)14-24-23(28-22)26-16-5-4-6-18(13-16)33(31,32)29-11-9-17(30)10-12-29/h2-8,13-14,17,30H,9-12H2,1H3,(H2,24,26,27,28). The van der Waals surface area contributed by atoms with Gasteiger partial charge in [0.2, 0.25) is 16.0 Å². The van der Waals surface area contributed by atoms with Crippen LogP contribution >= 0.6 is 0 Å². The number of aliphatic hydroxyl groups excluding tert-OH is 1. The quantitative estimate of drug-likeness (QED) is 0.540. The molecule has 0 saturated carbocycles. The molecule has 2 aliphatic rings. The molecular weight excluding hydrogens is 440 g/mol. The highest BCUT2D eigenvalue weighted by molar-refractivity contribution is 7.89. The van der Waals surface area contributed by atoms with Crippen molar-refractivity contribution in [3.05, 3.63) is 60.3 Å². The smallest absolute Gasteiger partial charge is 0.243 e. The van der Waals surface area contributed by atoms with Crippen LogP contribution in [0.5, 0.6) is 0 Å². The molecule has 0 unspecified atom stereocenters. The number of aliphatic hydroxyl groups is 1. The lowest BCUT2D eigenvalue weighted by atomic mass is 10.1. The Morgan fingerprint density at radius 3 is 2.73 bits per heavy atom. The molecule has 3 N–H and O–H groups in total. The van der Waals surface area contributed by atoms with Crippen LogP contribution in [0.25, 0.3) is 0 Å². The van der Waals surface area contributed by atoms with Gasteiger partial charge in [0.1, 0.15) is 5.69 Å². The monoisotopic (exact) mass is 464 g/mol. The molecule has 0 spiro atoms. The SMILES string of the molecule is CC1=Nc2cnc(Nc3cccc(S(=O)(=O)N4CCC(O)CC4)c3)nc2Nc2ccccc21. The summed E-state index contributed by atoms with van der Waals surface area (Å²) in [6.07, 6.45) is 2.08. The lowest BCUT2D eigenvalue weighted by Crippen LogP contribution is -2.39. The summed E-state index contributed by atoms with van der Waals surface area (Å²) in [6.45, 7) is 2.56. The van der Waals surface area contributed by atoms with Gasteiger partial charge in [0.05, 0.1) is 17.2 Å². The summed E-state index contributed by atoms with van der Waals surface area (Å²) in [6, 6.07) is 14.4. The maximum absolute atomic E-state index is 13.0. The number of rotatable bonds is 4. The van der Waals surface area contributed by atoms with E-state index in [-0.39, 0.29) is 4.90 Å². The second kappa shape index (κ2) is 8.54. The normalized spacial score (nSPS) is 16.7. The van der Waals surface area contributed by atoms with Crippen LogP contribution in [-0.4, -0.2) is 52.7 Å². The number of anilines is 4. The first-order valence-electron chi connectivity index (χ1n) is 10.7. The summed E-state index contributed by atoms with van der Waals surface area (Å²) in [5.41, 5.74) is 3.94. The van der Waals surface area contributed by atoms with E-state index in [0.717, 1.165) is 17.0 Å². The third-order valence-electron chi connectivity index (χ3n) is 5.78. The summed E-state index contributed by atoms with van der Waals surface area (Å²) in [7, 11) is -3.65. The Labute approximate surface area is 192 Å². The highest BCUT2D eigenvalue weighted by Gasteiger charge is 2.28. The number of nitrogens with one attached hydrogen (secondary N) is 2. The lowest BCUT2D eigenvalue weighted by molar-refractivity contribution is 0.113. The van der Waals surface area contributed by atoms with E-state index in [1.165, 1.54) is 4.31 Å². The van der Waals surface area contributed by atoms with Crippen molar-refractivity contribution in [2.24, 2.45) is 4.99 Å². The van der Waals surface area contributed by atoms with Gasteiger partial charge in [-0.25, -0.2) is 18.4 Å². The predicted octanol–water partition coefficient (Wildman–Crippen LogP) is 3.56. The zero-order valence-electron chi connectivity index (χ0n) is 18.1. The minimum atomic E-state index is -3.65. The number of aliphatic imine (C=N–C) groups is 1. The predicted molar refractivity (Wildman–Crippen MR) is 127 cm³/mol. The molecule has 2 aliphatic heterocycles. The van der Waals surface area contributed by atoms with Crippen LogP contribution in [0.2, 0.25) is 0 Å². The fourth-order valence-corrected chi connectivity index (χ4v) is 5.50. The summed E-state index contributed by atoms with van der Waals surface area (Å²) < 4.78 is 27.5. The summed E-state index contributed by atoms with van der Waals surface area (Å²) >= 11 is 0. The van der Waals surface area contributed by atoms with E-state index in [0.29, 0.717) is 49.1 Å². The molecule has 33 heavy (non-hydrogen) atoms. The first-order chi connectivity index (χ1) is 15.9. The number of nitrogens with zero attached hydrogens (tertiary/aromatic N) is 4. The van der Waals surface area contributed by atoms with E-state index in [1.54, 1.807) is 30.5 Å². The first kappa shape index (κ1) is 21.5. The third-order valence-corrected chi connectivity index (χ3v) is 7.67. The topological polar surface area (TPSA) is 120 Å². The number of benzene rings is 2. The molecule has 0 radical (unpaired) electrons. The highest BCUT2D eigenvalue weighted by atomic mass is 32.2. The average Bonchev–Trinajstić information content (AvgIpc) is 2.95. The largest absolute Gasteiger partial charge is 0.393 e. The molecule has 9 nitrogen and oxygen atoms in total. The van der Waals surface area contributed by atoms with E-state index >= 15 is 0 Å². The maximum Gasteiger partial charge on any atom is 0.243 e. The van der Waals surface area contributed by atoms with Gasteiger partial charge in [-0.3, -0.25) is 0 Å². The van der Waals surface area contributed by atoms with Crippen molar-refractivity contribution in [2.45, 2.75) is 30.8 Å². The molecule has 0 aliphatic carbocycles.